The van der Waals surface area contributed by atoms with Gasteiger partial charge in [-0.15, -0.1) is 24.5 Å². The number of fused-ring (bicyclic) bond motifs is 1. The molecule has 2 aromatic rings. The van der Waals surface area contributed by atoms with E-state index in [1.165, 1.54) is 35.7 Å². The molecular formula is C19H21F3N4O2S. The van der Waals surface area contributed by atoms with Gasteiger partial charge in [0.15, 0.2) is 5.96 Å². The highest BCUT2D eigenvalue weighted by molar-refractivity contribution is 7.10. The van der Waals surface area contributed by atoms with Crippen LogP contribution in [0.15, 0.2) is 40.7 Å². The lowest BCUT2D eigenvalue weighted by Crippen LogP contribution is -2.45. The SMILES string of the molecule is CN=C(NCC(=O)N1CCc2sccc2C1)NCc1ccccc1OC(F)(F)F. The van der Waals surface area contributed by atoms with E-state index in [4.69, 9.17) is 0 Å². The highest BCUT2D eigenvalue weighted by Crippen LogP contribution is 2.26. The van der Waals surface area contributed by atoms with Crippen LogP contribution >= 0.6 is 11.3 Å². The van der Waals surface area contributed by atoms with E-state index >= 15 is 0 Å². The highest BCUT2D eigenvalue weighted by atomic mass is 32.1. The summed E-state index contributed by atoms with van der Waals surface area (Å²) in [5.41, 5.74) is 1.50. The maximum atomic E-state index is 12.5. The van der Waals surface area contributed by atoms with Gasteiger partial charge in [0.25, 0.3) is 0 Å². The van der Waals surface area contributed by atoms with Gasteiger partial charge in [0.05, 0.1) is 6.54 Å². The molecule has 0 atom stereocenters. The summed E-state index contributed by atoms with van der Waals surface area (Å²) in [6.45, 7) is 1.36. The number of nitrogens with one attached hydrogen (secondary N) is 2. The number of alkyl halides is 3. The number of halogens is 3. The van der Waals surface area contributed by atoms with E-state index < -0.39 is 6.36 Å². The monoisotopic (exact) mass is 426 g/mol. The zero-order valence-corrected chi connectivity index (χ0v) is 16.6. The number of nitrogens with zero attached hydrogens (tertiary/aromatic N) is 2. The van der Waals surface area contributed by atoms with Crippen LogP contribution in [0.3, 0.4) is 0 Å². The minimum atomic E-state index is -4.76. The number of carbonyl (C=O) groups excluding carboxylic acids is 1. The summed E-state index contributed by atoms with van der Waals surface area (Å²) in [7, 11) is 1.52. The molecule has 0 saturated heterocycles. The van der Waals surface area contributed by atoms with Crippen LogP contribution in [0.4, 0.5) is 13.2 Å². The molecule has 3 rings (SSSR count). The Morgan fingerprint density at radius 3 is 2.83 bits per heavy atom. The number of hydrogen-bond acceptors (Lipinski definition) is 4. The van der Waals surface area contributed by atoms with Crippen molar-refractivity contribution >= 4 is 23.2 Å². The molecule has 0 bridgehead atoms. The van der Waals surface area contributed by atoms with Gasteiger partial charge in [-0.3, -0.25) is 9.79 Å². The molecule has 0 unspecified atom stereocenters. The van der Waals surface area contributed by atoms with Gasteiger partial charge in [0, 0.05) is 37.1 Å². The average Bonchev–Trinajstić information content (AvgIpc) is 3.15. The first-order valence-corrected chi connectivity index (χ1v) is 9.85. The van der Waals surface area contributed by atoms with Crippen LogP contribution in [0, 0.1) is 0 Å². The first-order valence-electron chi connectivity index (χ1n) is 8.97. The third-order valence-corrected chi connectivity index (χ3v) is 5.46. The van der Waals surface area contributed by atoms with Gasteiger partial charge in [0.2, 0.25) is 5.91 Å². The number of rotatable bonds is 5. The fourth-order valence-electron chi connectivity index (χ4n) is 3.01. The van der Waals surface area contributed by atoms with Gasteiger partial charge in [-0.2, -0.15) is 0 Å². The van der Waals surface area contributed by atoms with E-state index in [1.54, 1.807) is 22.3 Å². The van der Waals surface area contributed by atoms with Crippen LogP contribution in [-0.4, -0.2) is 43.3 Å². The summed E-state index contributed by atoms with van der Waals surface area (Å²) in [5, 5.41) is 7.84. The summed E-state index contributed by atoms with van der Waals surface area (Å²) in [5.74, 6) is -0.0297. The van der Waals surface area contributed by atoms with Gasteiger partial charge in [-0.25, -0.2) is 0 Å². The van der Waals surface area contributed by atoms with Gasteiger partial charge in [0.1, 0.15) is 5.75 Å². The van der Waals surface area contributed by atoms with Crippen molar-refractivity contribution in [1.29, 1.82) is 0 Å². The molecule has 0 saturated carbocycles. The molecular weight excluding hydrogens is 405 g/mol. The second kappa shape index (κ2) is 9.17. The molecule has 1 aliphatic rings. The van der Waals surface area contributed by atoms with E-state index in [1.807, 2.05) is 11.4 Å². The van der Waals surface area contributed by atoms with Gasteiger partial charge < -0.3 is 20.3 Å². The lowest BCUT2D eigenvalue weighted by Gasteiger charge is -2.27. The Hall–Kier alpha value is -2.75. The number of ether oxygens (including phenoxy) is 1. The second-order valence-corrected chi connectivity index (χ2v) is 7.37. The summed E-state index contributed by atoms with van der Waals surface area (Å²) in [4.78, 5) is 19.6. The molecule has 156 valence electrons. The molecule has 1 amide bonds. The molecule has 0 spiro atoms. The number of benzene rings is 1. The number of thiophene rings is 1. The zero-order valence-electron chi connectivity index (χ0n) is 15.8. The summed E-state index contributed by atoms with van der Waals surface area (Å²) in [6, 6.07) is 7.90. The Morgan fingerprint density at radius 2 is 2.07 bits per heavy atom. The van der Waals surface area contributed by atoms with Crippen molar-refractivity contribution in [3.05, 3.63) is 51.7 Å². The van der Waals surface area contributed by atoms with Crippen LogP contribution in [-0.2, 0) is 24.3 Å². The lowest BCUT2D eigenvalue weighted by molar-refractivity contribution is -0.274. The fourth-order valence-corrected chi connectivity index (χ4v) is 3.90. The molecule has 29 heavy (non-hydrogen) atoms. The van der Waals surface area contributed by atoms with E-state index in [2.05, 4.69) is 20.4 Å². The summed E-state index contributed by atoms with van der Waals surface area (Å²) in [6.07, 6.45) is -3.92. The fraction of sp³-hybridized carbons (Fsp3) is 0.368. The van der Waals surface area contributed by atoms with E-state index in [0.717, 1.165) is 6.42 Å². The van der Waals surface area contributed by atoms with Gasteiger partial charge in [-0.1, -0.05) is 18.2 Å². The number of guanidine groups is 1. The highest BCUT2D eigenvalue weighted by Gasteiger charge is 2.32. The quantitative estimate of drug-likeness (QED) is 0.570. The molecule has 1 aromatic carbocycles. The second-order valence-electron chi connectivity index (χ2n) is 6.37. The van der Waals surface area contributed by atoms with Crippen molar-refractivity contribution in [2.75, 3.05) is 20.1 Å². The average molecular weight is 426 g/mol. The van der Waals surface area contributed by atoms with Gasteiger partial charge >= 0.3 is 6.36 Å². The third kappa shape index (κ3) is 5.86. The molecule has 10 heteroatoms. The molecule has 0 aliphatic carbocycles. The van der Waals surface area contributed by atoms with Crippen LogP contribution in [0.25, 0.3) is 0 Å². The van der Waals surface area contributed by atoms with E-state index in [9.17, 15) is 18.0 Å². The van der Waals surface area contributed by atoms with Crippen molar-refractivity contribution in [3.63, 3.8) is 0 Å². The van der Waals surface area contributed by atoms with E-state index in [0.29, 0.717) is 24.6 Å². The maximum Gasteiger partial charge on any atom is 0.573 e. The topological polar surface area (TPSA) is 66.0 Å². The number of amides is 1. The predicted molar refractivity (Wildman–Crippen MR) is 105 cm³/mol. The standard InChI is InChI=1S/C19H21F3N4O2S/c1-23-18(24-10-13-4-2-3-5-15(13)28-19(20,21)22)25-11-17(27)26-8-6-16-14(12-26)7-9-29-16/h2-5,7,9H,6,8,10-12H2,1H3,(H2,23,24,25). The smallest absolute Gasteiger partial charge is 0.405 e. The Balaban J connectivity index is 1.51. The zero-order chi connectivity index (χ0) is 20.9. The molecule has 1 aliphatic heterocycles. The van der Waals surface area contributed by atoms with Crippen molar-refractivity contribution in [2.45, 2.75) is 25.9 Å². The van der Waals surface area contributed by atoms with Crippen molar-refractivity contribution in [3.8, 4) is 5.75 Å². The van der Waals surface area contributed by atoms with Crippen LogP contribution in [0.5, 0.6) is 5.75 Å². The Kier molecular flexibility index (Phi) is 6.63. The molecule has 0 radical (unpaired) electrons. The largest absolute Gasteiger partial charge is 0.573 e. The summed E-state index contributed by atoms with van der Waals surface area (Å²) >= 11 is 1.71. The van der Waals surface area contributed by atoms with E-state index in [-0.39, 0.29) is 24.7 Å². The van der Waals surface area contributed by atoms with Crippen molar-refractivity contribution in [1.82, 2.24) is 15.5 Å². The Morgan fingerprint density at radius 1 is 1.28 bits per heavy atom. The molecule has 1 aromatic heterocycles. The number of para-hydroxylation sites is 1. The maximum absolute atomic E-state index is 12.5. The first kappa shape index (κ1) is 21.0. The summed E-state index contributed by atoms with van der Waals surface area (Å²) < 4.78 is 41.6. The molecule has 2 heterocycles. The lowest BCUT2D eigenvalue weighted by atomic mass is 10.1. The number of carbonyl (C=O) groups is 1. The van der Waals surface area contributed by atoms with Crippen molar-refractivity contribution < 1.29 is 22.7 Å². The molecule has 2 N–H and O–H groups in total. The minimum Gasteiger partial charge on any atom is -0.405 e. The minimum absolute atomic E-state index is 0.0415. The Bertz CT molecular complexity index is 882. The predicted octanol–water partition coefficient (Wildman–Crippen LogP) is 2.90. The molecule has 6 nitrogen and oxygen atoms in total. The van der Waals surface area contributed by atoms with Crippen molar-refractivity contribution in [2.24, 2.45) is 4.99 Å². The van der Waals surface area contributed by atoms with Crippen LogP contribution < -0.4 is 15.4 Å². The Labute approximate surface area is 170 Å². The molecule has 0 fully saturated rings. The van der Waals surface area contributed by atoms with Gasteiger partial charge in [-0.05, 0) is 29.5 Å². The van der Waals surface area contributed by atoms with Crippen LogP contribution in [0.2, 0.25) is 0 Å². The van der Waals surface area contributed by atoms with Crippen LogP contribution in [0.1, 0.15) is 16.0 Å². The first-order chi connectivity index (χ1) is 13.9. The number of hydrogen-bond donors (Lipinski definition) is 2. The third-order valence-electron chi connectivity index (χ3n) is 4.44. The normalized spacial score (nSPS) is 14.3. The number of aliphatic imine (C=N–C) groups is 1.